The molecule has 0 bridgehead atoms. The highest BCUT2D eigenvalue weighted by Crippen LogP contribution is 2.31. The van der Waals surface area contributed by atoms with Gasteiger partial charge in [-0.25, -0.2) is 4.39 Å². The molecule has 13 heteroatoms. The Labute approximate surface area is 285 Å². The van der Waals surface area contributed by atoms with Crippen LogP contribution in [0.1, 0.15) is 40.7 Å². The number of benzene rings is 3. The largest absolute Gasteiger partial charge is 0.416 e. The monoisotopic (exact) mass is 692 g/mol. The topological polar surface area (TPSA) is 87.1 Å². The Hall–Kier alpha value is -4.75. The van der Waals surface area contributed by atoms with E-state index in [1.54, 1.807) is 40.2 Å². The Bertz CT molecular complexity index is 1890. The fourth-order valence-electron chi connectivity index (χ4n) is 5.16. The van der Waals surface area contributed by atoms with Gasteiger partial charge in [-0.05, 0) is 66.2 Å². The number of carbonyl (C=O) groups excluding carboxylic acids is 1. The van der Waals surface area contributed by atoms with Gasteiger partial charge >= 0.3 is 6.18 Å². The molecule has 3 aromatic carbocycles. The molecule has 8 nitrogen and oxygen atoms in total. The summed E-state index contributed by atoms with van der Waals surface area (Å²) in [5.41, 5.74) is 3.19. The minimum absolute atomic E-state index is 0.0821. The summed E-state index contributed by atoms with van der Waals surface area (Å²) in [7, 11) is 3.84. The molecule has 5 rings (SSSR count). The molecule has 2 heterocycles. The molecule has 0 spiro atoms. The summed E-state index contributed by atoms with van der Waals surface area (Å²) in [5, 5.41) is 7.12. The van der Waals surface area contributed by atoms with E-state index in [0.717, 1.165) is 34.4 Å². The van der Waals surface area contributed by atoms with E-state index in [2.05, 4.69) is 15.2 Å². The van der Waals surface area contributed by atoms with E-state index in [4.69, 9.17) is 0 Å². The number of alkyl halides is 3. The number of nitrogens with one attached hydrogen (secondary N) is 1. The van der Waals surface area contributed by atoms with Crippen LogP contribution in [0.3, 0.4) is 0 Å². The predicted octanol–water partition coefficient (Wildman–Crippen LogP) is 6.83. The molecule has 0 saturated heterocycles. The Morgan fingerprint density at radius 1 is 0.939 bits per heavy atom. The SMILES string of the molecule is CC(c1cn[nH]c1)c1cn(CC(=O)N(CCN(C)C)Cc2ccc(-c3ccc(C(F)(F)F)cc3)cc2)c(SCc2ccc(F)cc2)nc1=O. The molecule has 0 aliphatic heterocycles. The average molecular weight is 693 g/mol. The van der Waals surface area contributed by atoms with Gasteiger partial charge in [0.2, 0.25) is 5.91 Å². The van der Waals surface area contributed by atoms with Crippen LogP contribution >= 0.6 is 11.8 Å². The third-order valence-electron chi connectivity index (χ3n) is 8.10. The lowest BCUT2D eigenvalue weighted by Gasteiger charge is -2.26. The highest BCUT2D eigenvalue weighted by molar-refractivity contribution is 7.98. The van der Waals surface area contributed by atoms with Gasteiger partial charge in [0, 0.05) is 49.3 Å². The number of aromatic nitrogens is 4. The van der Waals surface area contributed by atoms with E-state index < -0.39 is 17.3 Å². The fourth-order valence-corrected chi connectivity index (χ4v) is 6.08. The van der Waals surface area contributed by atoms with E-state index in [9.17, 15) is 27.2 Å². The van der Waals surface area contributed by atoms with E-state index in [1.165, 1.54) is 36.0 Å². The number of likely N-dealkylation sites (N-methyl/N-ethyl adjacent to an activating group) is 1. The normalized spacial score (nSPS) is 12.3. The molecule has 256 valence electrons. The van der Waals surface area contributed by atoms with Crippen LogP contribution in [0.2, 0.25) is 0 Å². The first-order valence-corrected chi connectivity index (χ1v) is 16.5. The van der Waals surface area contributed by atoms with Gasteiger partial charge in [-0.1, -0.05) is 67.2 Å². The summed E-state index contributed by atoms with van der Waals surface area (Å²) in [6, 6.07) is 18.4. The van der Waals surface area contributed by atoms with E-state index in [1.807, 2.05) is 50.2 Å². The van der Waals surface area contributed by atoms with Gasteiger partial charge in [0.1, 0.15) is 12.4 Å². The van der Waals surface area contributed by atoms with Crippen molar-refractivity contribution in [1.29, 1.82) is 0 Å². The first-order chi connectivity index (χ1) is 23.4. The van der Waals surface area contributed by atoms with Gasteiger partial charge in [-0.15, -0.1) is 0 Å². The number of hydrogen-bond acceptors (Lipinski definition) is 6. The van der Waals surface area contributed by atoms with Gasteiger partial charge in [0.25, 0.3) is 5.56 Å². The molecular formula is C36H36F4N6O2S. The lowest BCUT2D eigenvalue weighted by molar-refractivity contribution is -0.137. The van der Waals surface area contributed by atoms with Gasteiger partial charge in [-0.3, -0.25) is 14.7 Å². The zero-order valence-corrected chi connectivity index (χ0v) is 28.1. The second-order valence-corrected chi connectivity index (χ2v) is 12.9. The van der Waals surface area contributed by atoms with Crippen molar-refractivity contribution in [3.8, 4) is 11.1 Å². The van der Waals surface area contributed by atoms with Crippen molar-refractivity contribution < 1.29 is 22.4 Å². The Morgan fingerprint density at radius 2 is 1.57 bits per heavy atom. The lowest BCUT2D eigenvalue weighted by Crippen LogP contribution is -2.38. The maximum absolute atomic E-state index is 14.0. The number of amides is 1. The molecule has 0 fully saturated rings. The van der Waals surface area contributed by atoms with E-state index >= 15 is 0 Å². The molecule has 1 N–H and O–H groups in total. The smallest absolute Gasteiger partial charge is 0.336 e. The lowest BCUT2D eigenvalue weighted by atomic mass is 9.98. The van der Waals surface area contributed by atoms with Crippen LogP contribution in [0.5, 0.6) is 0 Å². The van der Waals surface area contributed by atoms with Crippen LogP contribution in [-0.2, 0) is 29.8 Å². The highest BCUT2D eigenvalue weighted by atomic mass is 32.2. The van der Waals surface area contributed by atoms with Crippen molar-refractivity contribution in [2.75, 3.05) is 27.2 Å². The molecule has 49 heavy (non-hydrogen) atoms. The van der Waals surface area contributed by atoms with Crippen molar-refractivity contribution >= 4 is 17.7 Å². The quantitative estimate of drug-likeness (QED) is 0.0828. The second kappa shape index (κ2) is 15.6. The second-order valence-electron chi connectivity index (χ2n) is 12.0. The Kier molecular flexibility index (Phi) is 11.4. The number of hydrogen-bond donors (Lipinski definition) is 1. The minimum atomic E-state index is -4.40. The maximum atomic E-state index is 14.0. The zero-order chi connectivity index (χ0) is 35.1. The number of aromatic amines is 1. The molecule has 5 aromatic rings. The Balaban J connectivity index is 1.39. The molecule has 1 amide bonds. The third-order valence-corrected chi connectivity index (χ3v) is 9.16. The summed E-state index contributed by atoms with van der Waals surface area (Å²) >= 11 is 1.29. The van der Waals surface area contributed by atoms with Crippen molar-refractivity contribution in [2.45, 2.75) is 43.0 Å². The molecule has 2 aromatic heterocycles. The average Bonchev–Trinajstić information content (AvgIpc) is 3.62. The summed E-state index contributed by atoms with van der Waals surface area (Å²) in [4.78, 5) is 35.4. The number of halogens is 4. The first kappa shape index (κ1) is 35.6. The number of thioether (sulfide) groups is 1. The summed E-state index contributed by atoms with van der Waals surface area (Å²) in [6.45, 7) is 3.12. The molecule has 0 radical (unpaired) electrons. The highest BCUT2D eigenvalue weighted by Gasteiger charge is 2.30. The van der Waals surface area contributed by atoms with Crippen LogP contribution in [0, 0.1) is 5.82 Å². The van der Waals surface area contributed by atoms with Crippen molar-refractivity contribution in [3.63, 3.8) is 0 Å². The number of carbonyl (C=O) groups is 1. The Morgan fingerprint density at radius 3 is 2.16 bits per heavy atom. The summed E-state index contributed by atoms with van der Waals surface area (Å²) < 4.78 is 54.2. The molecule has 0 aliphatic rings. The standard InChI is InChI=1S/C36H36F4N6O2S/c1-24(29-18-41-42-19-29)32-21-46(35(43-34(32)48)49-23-26-6-14-31(37)15-7-26)22-33(47)45(17-16-44(2)3)20-25-4-8-27(9-5-25)28-10-12-30(13-11-28)36(38,39)40/h4-15,18-19,21,24H,16-17,20,22-23H2,1-3H3,(H,41,42). The van der Waals surface area contributed by atoms with Gasteiger partial charge in [0.05, 0.1) is 11.8 Å². The van der Waals surface area contributed by atoms with Gasteiger partial charge in [0.15, 0.2) is 5.16 Å². The van der Waals surface area contributed by atoms with Crippen LogP contribution in [0.15, 0.2) is 101 Å². The van der Waals surface area contributed by atoms with Crippen LogP contribution in [0.25, 0.3) is 11.1 Å². The van der Waals surface area contributed by atoms with Crippen LogP contribution in [0.4, 0.5) is 17.6 Å². The molecule has 0 saturated carbocycles. The first-order valence-electron chi connectivity index (χ1n) is 15.5. The number of rotatable bonds is 13. The number of H-pyrrole nitrogens is 1. The number of nitrogens with zero attached hydrogens (tertiary/aromatic N) is 5. The van der Waals surface area contributed by atoms with E-state index in [-0.39, 0.29) is 24.2 Å². The molecular weight excluding hydrogens is 656 g/mol. The predicted molar refractivity (Wildman–Crippen MR) is 181 cm³/mol. The van der Waals surface area contributed by atoms with Crippen LogP contribution < -0.4 is 5.56 Å². The van der Waals surface area contributed by atoms with Crippen molar-refractivity contribution in [3.05, 3.63) is 135 Å². The fraction of sp³-hybridized carbons (Fsp3) is 0.278. The van der Waals surface area contributed by atoms with Crippen molar-refractivity contribution in [2.24, 2.45) is 0 Å². The molecule has 1 atom stereocenters. The van der Waals surface area contributed by atoms with Gasteiger partial charge < -0.3 is 14.4 Å². The minimum Gasteiger partial charge on any atom is -0.336 e. The zero-order valence-electron chi connectivity index (χ0n) is 27.2. The summed E-state index contributed by atoms with van der Waals surface area (Å²) in [6.07, 6.45) is 0.629. The molecule has 0 aliphatic carbocycles. The van der Waals surface area contributed by atoms with Gasteiger partial charge in [-0.2, -0.15) is 23.3 Å². The van der Waals surface area contributed by atoms with Crippen LogP contribution in [-0.4, -0.2) is 62.6 Å². The van der Waals surface area contributed by atoms with E-state index in [0.29, 0.717) is 41.7 Å². The maximum Gasteiger partial charge on any atom is 0.416 e. The molecule has 1 unspecified atom stereocenters. The summed E-state index contributed by atoms with van der Waals surface area (Å²) in [5.74, 6) is -0.458. The third kappa shape index (κ3) is 9.45. The van der Waals surface area contributed by atoms with Crippen molar-refractivity contribution in [1.82, 2.24) is 29.5 Å².